The van der Waals surface area contributed by atoms with Crippen LogP contribution in [0.5, 0.6) is 0 Å². The highest BCUT2D eigenvalue weighted by Gasteiger charge is 2.22. The van der Waals surface area contributed by atoms with Crippen LogP contribution in [0.3, 0.4) is 0 Å². The lowest BCUT2D eigenvalue weighted by Crippen LogP contribution is -2.52. The van der Waals surface area contributed by atoms with Gasteiger partial charge in [-0.1, -0.05) is 19.1 Å². The lowest BCUT2D eigenvalue weighted by molar-refractivity contribution is 0.193. The SMILES string of the molecule is CCCNCC(C)N1CCN(c2ccccc2F)CC1. The van der Waals surface area contributed by atoms with Gasteiger partial charge in [-0.05, 0) is 32.0 Å². The predicted octanol–water partition coefficient (Wildman–Crippen LogP) is 2.34. The van der Waals surface area contributed by atoms with Crippen molar-refractivity contribution in [2.75, 3.05) is 44.2 Å². The van der Waals surface area contributed by atoms with Crippen molar-refractivity contribution in [2.24, 2.45) is 0 Å². The molecule has 20 heavy (non-hydrogen) atoms. The van der Waals surface area contributed by atoms with Crippen molar-refractivity contribution < 1.29 is 4.39 Å². The van der Waals surface area contributed by atoms with Crippen LogP contribution in [0.1, 0.15) is 20.3 Å². The number of anilines is 1. The fourth-order valence-corrected chi connectivity index (χ4v) is 2.73. The van der Waals surface area contributed by atoms with Gasteiger partial charge in [-0.3, -0.25) is 4.90 Å². The first kappa shape index (κ1) is 15.3. The molecule has 1 N–H and O–H groups in total. The fourth-order valence-electron chi connectivity index (χ4n) is 2.73. The number of para-hydroxylation sites is 1. The summed E-state index contributed by atoms with van der Waals surface area (Å²) in [6.45, 7) is 10.4. The summed E-state index contributed by atoms with van der Waals surface area (Å²) in [6, 6.07) is 7.61. The Hall–Kier alpha value is -1.13. The molecule has 4 heteroatoms. The minimum absolute atomic E-state index is 0.112. The van der Waals surface area contributed by atoms with Gasteiger partial charge in [-0.25, -0.2) is 4.39 Å². The van der Waals surface area contributed by atoms with Crippen LogP contribution < -0.4 is 10.2 Å². The highest BCUT2D eigenvalue weighted by atomic mass is 19.1. The molecule has 0 amide bonds. The Labute approximate surface area is 121 Å². The Morgan fingerprint density at radius 2 is 1.90 bits per heavy atom. The van der Waals surface area contributed by atoms with E-state index >= 15 is 0 Å². The van der Waals surface area contributed by atoms with Gasteiger partial charge in [0.15, 0.2) is 0 Å². The van der Waals surface area contributed by atoms with E-state index in [1.165, 1.54) is 6.42 Å². The number of halogens is 1. The smallest absolute Gasteiger partial charge is 0.146 e. The van der Waals surface area contributed by atoms with Gasteiger partial charge >= 0.3 is 0 Å². The van der Waals surface area contributed by atoms with Crippen molar-refractivity contribution in [3.05, 3.63) is 30.1 Å². The maximum Gasteiger partial charge on any atom is 0.146 e. The van der Waals surface area contributed by atoms with E-state index in [0.717, 1.165) is 45.0 Å². The summed E-state index contributed by atoms with van der Waals surface area (Å²) in [4.78, 5) is 4.64. The fraction of sp³-hybridized carbons (Fsp3) is 0.625. The summed E-state index contributed by atoms with van der Waals surface area (Å²) in [6.07, 6.45) is 1.17. The minimum atomic E-state index is -0.112. The maximum absolute atomic E-state index is 13.8. The van der Waals surface area contributed by atoms with Crippen molar-refractivity contribution in [2.45, 2.75) is 26.3 Å². The monoisotopic (exact) mass is 279 g/mol. The molecule has 1 aliphatic heterocycles. The van der Waals surface area contributed by atoms with Crippen molar-refractivity contribution in [3.63, 3.8) is 0 Å². The molecule has 0 bridgehead atoms. The quantitative estimate of drug-likeness (QED) is 0.806. The highest BCUT2D eigenvalue weighted by molar-refractivity contribution is 5.47. The molecular formula is C16H26FN3. The minimum Gasteiger partial charge on any atom is -0.367 e. The Morgan fingerprint density at radius 1 is 1.20 bits per heavy atom. The molecule has 1 aromatic carbocycles. The maximum atomic E-state index is 13.8. The largest absolute Gasteiger partial charge is 0.367 e. The third-order valence-electron chi connectivity index (χ3n) is 4.00. The van der Waals surface area contributed by atoms with E-state index < -0.39 is 0 Å². The van der Waals surface area contributed by atoms with Crippen molar-refractivity contribution in [1.29, 1.82) is 0 Å². The Morgan fingerprint density at radius 3 is 2.55 bits per heavy atom. The van der Waals surface area contributed by atoms with Gasteiger partial charge in [0.1, 0.15) is 5.82 Å². The lowest BCUT2D eigenvalue weighted by atomic mass is 10.2. The van der Waals surface area contributed by atoms with Crippen molar-refractivity contribution in [1.82, 2.24) is 10.2 Å². The highest BCUT2D eigenvalue weighted by Crippen LogP contribution is 2.20. The second-order valence-electron chi connectivity index (χ2n) is 5.53. The summed E-state index contributed by atoms with van der Waals surface area (Å²) in [5.74, 6) is -0.112. The first-order valence-electron chi connectivity index (χ1n) is 7.66. The molecule has 1 saturated heterocycles. The predicted molar refractivity (Wildman–Crippen MR) is 82.8 cm³/mol. The van der Waals surface area contributed by atoms with E-state index in [9.17, 15) is 4.39 Å². The zero-order valence-corrected chi connectivity index (χ0v) is 12.6. The number of hydrogen-bond donors (Lipinski definition) is 1. The van der Waals surface area contributed by atoms with Crippen LogP contribution in [-0.2, 0) is 0 Å². The second kappa shape index (κ2) is 7.60. The molecule has 112 valence electrons. The number of benzene rings is 1. The molecule has 0 spiro atoms. The molecule has 1 fully saturated rings. The molecule has 0 saturated carbocycles. The van der Waals surface area contributed by atoms with Crippen molar-refractivity contribution >= 4 is 5.69 Å². The summed E-state index contributed by atoms with van der Waals surface area (Å²) < 4.78 is 13.8. The molecule has 0 aromatic heterocycles. The van der Waals surface area contributed by atoms with Crippen LogP contribution >= 0.6 is 0 Å². The number of nitrogens with zero attached hydrogens (tertiary/aromatic N) is 2. The number of rotatable bonds is 6. The summed E-state index contributed by atoms with van der Waals surface area (Å²) in [5, 5.41) is 3.47. The van der Waals surface area contributed by atoms with Crippen LogP contribution in [0, 0.1) is 5.82 Å². The van der Waals surface area contributed by atoms with E-state index in [0.29, 0.717) is 6.04 Å². The Balaban J connectivity index is 1.82. The van der Waals surface area contributed by atoms with E-state index in [1.54, 1.807) is 12.1 Å². The van der Waals surface area contributed by atoms with Crippen LogP contribution in [-0.4, -0.2) is 50.2 Å². The van der Waals surface area contributed by atoms with Gasteiger partial charge in [0.05, 0.1) is 5.69 Å². The standard InChI is InChI=1S/C16H26FN3/c1-3-8-18-13-14(2)19-9-11-20(12-10-19)16-7-5-4-6-15(16)17/h4-7,14,18H,3,8-13H2,1-2H3. The number of nitrogens with one attached hydrogen (secondary N) is 1. The Bertz CT molecular complexity index is 402. The van der Waals surface area contributed by atoms with Gasteiger partial charge in [-0.2, -0.15) is 0 Å². The first-order valence-corrected chi connectivity index (χ1v) is 7.66. The van der Waals surface area contributed by atoms with E-state index in [4.69, 9.17) is 0 Å². The van der Waals surface area contributed by atoms with E-state index in [2.05, 4.69) is 29.0 Å². The van der Waals surface area contributed by atoms with E-state index in [-0.39, 0.29) is 5.82 Å². The van der Waals surface area contributed by atoms with Gasteiger partial charge in [0.25, 0.3) is 0 Å². The molecule has 1 aliphatic rings. The topological polar surface area (TPSA) is 18.5 Å². The average molecular weight is 279 g/mol. The zero-order chi connectivity index (χ0) is 14.4. The molecule has 0 aliphatic carbocycles. The van der Waals surface area contributed by atoms with Crippen molar-refractivity contribution in [3.8, 4) is 0 Å². The second-order valence-corrected chi connectivity index (χ2v) is 5.53. The molecule has 2 rings (SSSR count). The van der Waals surface area contributed by atoms with Crippen LogP contribution in [0.25, 0.3) is 0 Å². The van der Waals surface area contributed by atoms with Crippen LogP contribution in [0.2, 0.25) is 0 Å². The number of piperazine rings is 1. The van der Waals surface area contributed by atoms with Gasteiger partial charge in [0.2, 0.25) is 0 Å². The van der Waals surface area contributed by atoms with Gasteiger partial charge in [-0.15, -0.1) is 0 Å². The summed E-state index contributed by atoms with van der Waals surface area (Å²) in [7, 11) is 0. The summed E-state index contributed by atoms with van der Waals surface area (Å²) in [5.41, 5.74) is 0.740. The van der Waals surface area contributed by atoms with Gasteiger partial charge < -0.3 is 10.2 Å². The first-order chi connectivity index (χ1) is 9.72. The Kier molecular flexibility index (Phi) is 5.80. The lowest BCUT2D eigenvalue weighted by Gasteiger charge is -2.39. The molecule has 0 radical (unpaired) electrons. The molecule has 1 atom stereocenters. The number of hydrogen-bond acceptors (Lipinski definition) is 3. The molecule has 1 heterocycles. The zero-order valence-electron chi connectivity index (χ0n) is 12.6. The normalized spacial score (nSPS) is 18.2. The molecule has 3 nitrogen and oxygen atoms in total. The summed E-state index contributed by atoms with van der Waals surface area (Å²) >= 11 is 0. The molecular weight excluding hydrogens is 253 g/mol. The third kappa shape index (κ3) is 3.93. The molecule has 1 unspecified atom stereocenters. The van der Waals surface area contributed by atoms with Gasteiger partial charge in [0, 0.05) is 38.8 Å². The third-order valence-corrected chi connectivity index (χ3v) is 4.00. The van der Waals surface area contributed by atoms with Crippen LogP contribution in [0.15, 0.2) is 24.3 Å². The average Bonchev–Trinajstić information content (AvgIpc) is 2.48. The molecule has 1 aromatic rings. The van der Waals surface area contributed by atoms with E-state index in [1.807, 2.05) is 12.1 Å². The van der Waals surface area contributed by atoms with Crippen LogP contribution in [0.4, 0.5) is 10.1 Å².